The minimum atomic E-state index is -0.363. The summed E-state index contributed by atoms with van der Waals surface area (Å²) >= 11 is 0. The van der Waals surface area contributed by atoms with Gasteiger partial charge in [-0.2, -0.15) is 0 Å². The molecule has 3 nitrogen and oxygen atoms in total. The summed E-state index contributed by atoms with van der Waals surface area (Å²) < 4.78 is 0. The SMILES string of the molecule is c1ccc(P(CCCN2CCN(CCCP(c3ccccc3)c3ccccc3)CCN(CCCP(c3ccccc3)c3ccccc3)CC2)c2ccccc2)cc1. The number of hydrogen-bond acceptors (Lipinski definition) is 3. The van der Waals surface area contributed by atoms with Crippen molar-refractivity contribution in [3.05, 3.63) is 182 Å². The lowest BCUT2D eigenvalue weighted by Crippen LogP contribution is -2.37. The predicted octanol–water partition coefficient (Wildman–Crippen LogP) is 8.48. The quantitative estimate of drug-likeness (QED) is 0.0808. The molecule has 7 rings (SSSR count). The first-order chi connectivity index (χ1) is 28.3. The Morgan fingerprint density at radius 3 is 0.614 bits per heavy atom. The Kier molecular flexibility index (Phi) is 16.9. The molecule has 1 heterocycles. The van der Waals surface area contributed by atoms with E-state index in [4.69, 9.17) is 0 Å². The van der Waals surface area contributed by atoms with E-state index in [1.54, 1.807) is 0 Å². The van der Waals surface area contributed by atoms with Crippen LogP contribution in [0.5, 0.6) is 0 Å². The van der Waals surface area contributed by atoms with Gasteiger partial charge >= 0.3 is 0 Å². The van der Waals surface area contributed by atoms with Crippen molar-refractivity contribution in [3.63, 3.8) is 0 Å². The fourth-order valence-corrected chi connectivity index (χ4v) is 15.1. The van der Waals surface area contributed by atoms with Crippen molar-refractivity contribution in [2.45, 2.75) is 19.3 Å². The van der Waals surface area contributed by atoms with Crippen LogP contribution < -0.4 is 31.8 Å². The van der Waals surface area contributed by atoms with Gasteiger partial charge in [0.1, 0.15) is 0 Å². The number of hydrogen-bond donors (Lipinski definition) is 0. The van der Waals surface area contributed by atoms with Crippen LogP contribution in [-0.2, 0) is 0 Å². The first-order valence-corrected chi connectivity index (χ1v) is 25.7. The lowest BCUT2D eigenvalue weighted by Gasteiger charge is -2.27. The third kappa shape index (κ3) is 13.0. The largest absolute Gasteiger partial charge is 0.301 e. The lowest BCUT2D eigenvalue weighted by molar-refractivity contribution is 0.220. The Morgan fingerprint density at radius 1 is 0.263 bits per heavy atom. The van der Waals surface area contributed by atoms with Gasteiger partial charge in [0.2, 0.25) is 0 Å². The molecule has 0 atom stereocenters. The third-order valence-corrected chi connectivity index (χ3v) is 19.0. The fourth-order valence-electron chi connectivity index (χ4n) is 8.08. The van der Waals surface area contributed by atoms with Crippen LogP contribution in [0.15, 0.2) is 182 Å². The second-order valence-electron chi connectivity index (χ2n) is 15.1. The van der Waals surface area contributed by atoms with Crippen molar-refractivity contribution in [2.24, 2.45) is 0 Å². The summed E-state index contributed by atoms with van der Waals surface area (Å²) in [5.41, 5.74) is 0. The molecule has 0 radical (unpaired) electrons. The maximum absolute atomic E-state index is 2.80. The van der Waals surface area contributed by atoms with Crippen molar-refractivity contribution in [1.29, 1.82) is 0 Å². The van der Waals surface area contributed by atoms with Gasteiger partial charge in [0, 0.05) is 39.3 Å². The van der Waals surface area contributed by atoms with Gasteiger partial charge in [-0.05, 0) is 113 Å². The molecule has 1 fully saturated rings. The van der Waals surface area contributed by atoms with Gasteiger partial charge in [0.05, 0.1) is 0 Å². The first kappa shape index (κ1) is 41.6. The van der Waals surface area contributed by atoms with Gasteiger partial charge in [0.15, 0.2) is 0 Å². The summed E-state index contributed by atoms with van der Waals surface area (Å²) in [6, 6.07) is 67.6. The van der Waals surface area contributed by atoms with Crippen LogP contribution in [0.1, 0.15) is 19.3 Å². The Labute approximate surface area is 347 Å². The highest BCUT2D eigenvalue weighted by Gasteiger charge is 2.21. The predicted molar refractivity (Wildman–Crippen MR) is 255 cm³/mol. The molecule has 0 saturated carbocycles. The van der Waals surface area contributed by atoms with Crippen molar-refractivity contribution >= 4 is 55.6 Å². The van der Waals surface area contributed by atoms with E-state index in [9.17, 15) is 0 Å². The Bertz CT molecular complexity index is 1590. The Balaban J connectivity index is 1.01. The highest BCUT2D eigenvalue weighted by molar-refractivity contribution is 7.73. The molecule has 6 aromatic carbocycles. The molecule has 0 bridgehead atoms. The summed E-state index contributed by atoms with van der Waals surface area (Å²) in [5, 5.41) is 8.99. The summed E-state index contributed by atoms with van der Waals surface area (Å²) in [5.74, 6) is 0. The molecule has 6 heteroatoms. The molecule has 0 aromatic heterocycles. The van der Waals surface area contributed by atoms with E-state index in [1.807, 2.05) is 0 Å². The number of rotatable bonds is 18. The summed E-state index contributed by atoms with van der Waals surface area (Å²) in [7, 11) is -1.09. The molecule has 6 aromatic rings. The van der Waals surface area contributed by atoms with Crippen LogP contribution in [0, 0.1) is 0 Å². The highest BCUT2D eigenvalue weighted by Crippen LogP contribution is 2.36. The van der Waals surface area contributed by atoms with Gasteiger partial charge in [-0.25, -0.2) is 0 Å². The zero-order valence-electron chi connectivity index (χ0n) is 33.6. The summed E-state index contributed by atoms with van der Waals surface area (Å²) in [6.45, 7) is 10.4. The molecule has 294 valence electrons. The van der Waals surface area contributed by atoms with Crippen LogP contribution in [0.2, 0.25) is 0 Å². The Morgan fingerprint density at radius 2 is 0.439 bits per heavy atom. The van der Waals surface area contributed by atoms with E-state index in [-0.39, 0.29) is 23.8 Å². The normalized spacial score (nSPS) is 14.8. The molecule has 0 amide bonds. The van der Waals surface area contributed by atoms with Gasteiger partial charge in [-0.15, -0.1) is 0 Å². The topological polar surface area (TPSA) is 9.72 Å². The molecular weight excluding hydrogens is 748 g/mol. The minimum absolute atomic E-state index is 0.363. The zero-order chi connectivity index (χ0) is 38.7. The van der Waals surface area contributed by atoms with Crippen LogP contribution >= 0.6 is 23.8 Å². The van der Waals surface area contributed by atoms with E-state index in [2.05, 4.69) is 197 Å². The maximum Gasteiger partial charge on any atom is 0.0110 e. The van der Waals surface area contributed by atoms with E-state index in [0.717, 1.165) is 39.3 Å². The van der Waals surface area contributed by atoms with E-state index < -0.39 is 0 Å². The molecule has 1 aliphatic heterocycles. The maximum atomic E-state index is 2.80. The van der Waals surface area contributed by atoms with Crippen LogP contribution in [0.25, 0.3) is 0 Å². The van der Waals surface area contributed by atoms with E-state index in [1.165, 1.54) is 89.2 Å². The molecule has 0 spiro atoms. The molecule has 1 aliphatic rings. The van der Waals surface area contributed by atoms with Crippen molar-refractivity contribution < 1.29 is 0 Å². The molecule has 1 saturated heterocycles. The highest BCUT2D eigenvalue weighted by atomic mass is 31.1. The first-order valence-electron chi connectivity index (χ1n) is 21.1. The average Bonchev–Trinajstić information content (AvgIpc) is 3.38. The Hall–Kier alpha value is -3.51. The molecule has 57 heavy (non-hydrogen) atoms. The number of nitrogens with zero attached hydrogens (tertiary/aromatic N) is 3. The fraction of sp³-hybridized carbons (Fsp3) is 0.294. The van der Waals surface area contributed by atoms with E-state index >= 15 is 0 Å². The van der Waals surface area contributed by atoms with Crippen LogP contribution in [-0.4, -0.2) is 92.1 Å². The second kappa shape index (κ2) is 23.2. The van der Waals surface area contributed by atoms with Gasteiger partial charge in [-0.1, -0.05) is 182 Å². The van der Waals surface area contributed by atoms with Gasteiger partial charge in [-0.3, -0.25) is 0 Å². The second-order valence-corrected chi connectivity index (χ2v) is 22.1. The van der Waals surface area contributed by atoms with Crippen LogP contribution in [0.3, 0.4) is 0 Å². The van der Waals surface area contributed by atoms with Crippen LogP contribution in [0.4, 0.5) is 0 Å². The number of benzene rings is 6. The van der Waals surface area contributed by atoms with Crippen molar-refractivity contribution in [3.8, 4) is 0 Å². The lowest BCUT2D eigenvalue weighted by atomic mass is 10.3. The van der Waals surface area contributed by atoms with Gasteiger partial charge < -0.3 is 14.7 Å². The molecule has 0 aliphatic carbocycles. The summed E-state index contributed by atoms with van der Waals surface area (Å²) in [6.07, 6.45) is 7.39. The standard InChI is InChI=1S/C51H60N3P3/c1-7-22-46(23-8-1)55(47-24-9-2-10-25-47)43-19-34-52-37-39-53(35-20-44-56(48-26-11-3-12-27-48)49-28-13-4-14-29-49)41-42-54(40-38-52)36-21-45-57(50-30-15-5-16-31-50)51-32-17-6-18-33-51/h1-18,22-33H,19-21,34-45H2. The average molecular weight is 808 g/mol. The van der Waals surface area contributed by atoms with E-state index in [0.29, 0.717) is 0 Å². The molecular formula is C51H60N3P3. The van der Waals surface area contributed by atoms with Crippen molar-refractivity contribution in [1.82, 2.24) is 14.7 Å². The monoisotopic (exact) mass is 807 g/mol. The smallest absolute Gasteiger partial charge is 0.0110 e. The summed E-state index contributed by atoms with van der Waals surface area (Å²) in [4.78, 5) is 8.41. The minimum Gasteiger partial charge on any atom is -0.301 e. The molecule has 0 unspecified atom stereocenters. The van der Waals surface area contributed by atoms with Gasteiger partial charge in [0.25, 0.3) is 0 Å². The zero-order valence-corrected chi connectivity index (χ0v) is 36.3. The third-order valence-electron chi connectivity index (χ3n) is 11.2. The van der Waals surface area contributed by atoms with Crippen molar-refractivity contribution in [2.75, 3.05) is 77.4 Å². The molecule has 0 N–H and O–H groups in total.